The van der Waals surface area contributed by atoms with E-state index in [4.69, 9.17) is 4.74 Å². The van der Waals surface area contributed by atoms with Gasteiger partial charge in [-0.25, -0.2) is 4.79 Å². The van der Waals surface area contributed by atoms with Gasteiger partial charge in [0.2, 0.25) is 0 Å². The first-order chi connectivity index (χ1) is 14.4. The third kappa shape index (κ3) is 5.55. The zero-order valence-electron chi connectivity index (χ0n) is 16.6. The Labute approximate surface area is 178 Å². The third-order valence-electron chi connectivity index (χ3n) is 4.43. The highest BCUT2D eigenvalue weighted by molar-refractivity contribution is 7.12. The van der Waals surface area contributed by atoms with Crippen LogP contribution >= 0.6 is 11.3 Å². The van der Waals surface area contributed by atoms with E-state index in [1.54, 1.807) is 36.4 Å². The SMILES string of the molecule is CC(OC(=O)c1ccc(NC(=O)c2cccs2)cc1)C(=O)NC(C)c1ccccc1. The fraction of sp³-hybridized carbons (Fsp3) is 0.174. The van der Waals surface area contributed by atoms with Crippen LogP contribution in [0.5, 0.6) is 0 Å². The van der Waals surface area contributed by atoms with Gasteiger partial charge in [0.25, 0.3) is 11.8 Å². The molecule has 2 amide bonds. The number of carbonyl (C=O) groups is 3. The summed E-state index contributed by atoms with van der Waals surface area (Å²) in [6.07, 6.45) is -0.943. The van der Waals surface area contributed by atoms with Crippen molar-refractivity contribution >= 4 is 34.8 Å². The van der Waals surface area contributed by atoms with Gasteiger partial charge < -0.3 is 15.4 Å². The van der Waals surface area contributed by atoms with E-state index >= 15 is 0 Å². The van der Waals surface area contributed by atoms with Crippen molar-refractivity contribution in [1.82, 2.24) is 5.32 Å². The molecular weight excluding hydrogens is 400 g/mol. The minimum Gasteiger partial charge on any atom is -0.449 e. The Morgan fingerprint density at radius 3 is 2.23 bits per heavy atom. The summed E-state index contributed by atoms with van der Waals surface area (Å²) in [5.41, 5.74) is 1.82. The maximum Gasteiger partial charge on any atom is 0.338 e. The summed E-state index contributed by atoms with van der Waals surface area (Å²) < 4.78 is 5.28. The van der Waals surface area contributed by atoms with Crippen LogP contribution in [0.3, 0.4) is 0 Å². The Morgan fingerprint density at radius 2 is 1.60 bits per heavy atom. The first-order valence-corrected chi connectivity index (χ1v) is 10.3. The van der Waals surface area contributed by atoms with E-state index in [2.05, 4.69) is 10.6 Å². The molecule has 3 aromatic rings. The molecule has 0 aliphatic heterocycles. The first kappa shape index (κ1) is 21.3. The van der Waals surface area contributed by atoms with Crippen molar-refractivity contribution in [2.45, 2.75) is 26.0 Å². The number of carbonyl (C=O) groups excluding carboxylic acids is 3. The summed E-state index contributed by atoms with van der Waals surface area (Å²) in [6.45, 7) is 3.39. The molecule has 2 N–H and O–H groups in total. The number of ether oxygens (including phenoxy) is 1. The second-order valence-corrected chi connectivity index (χ2v) is 7.64. The molecule has 0 fully saturated rings. The van der Waals surface area contributed by atoms with Gasteiger partial charge in [0.15, 0.2) is 6.10 Å². The van der Waals surface area contributed by atoms with Crippen LogP contribution in [0.2, 0.25) is 0 Å². The number of esters is 1. The topological polar surface area (TPSA) is 84.5 Å². The second-order valence-electron chi connectivity index (χ2n) is 6.70. The molecule has 3 rings (SSSR count). The summed E-state index contributed by atoms with van der Waals surface area (Å²) in [6, 6.07) is 19.2. The molecule has 154 valence electrons. The molecule has 0 radical (unpaired) electrons. The molecule has 0 aliphatic carbocycles. The average Bonchev–Trinajstić information content (AvgIpc) is 3.30. The number of amides is 2. The molecule has 1 heterocycles. The van der Waals surface area contributed by atoms with Gasteiger partial charge in [0.05, 0.1) is 16.5 Å². The lowest BCUT2D eigenvalue weighted by Crippen LogP contribution is -2.37. The van der Waals surface area contributed by atoms with Crippen LogP contribution in [-0.2, 0) is 9.53 Å². The lowest BCUT2D eigenvalue weighted by Gasteiger charge is -2.18. The smallest absolute Gasteiger partial charge is 0.338 e. The van der Waals surface area contributed by atoms with Crippen molar-refractivity contribution < 1.29 is 19.1 Å². The van der Waals surface area contributed by atoms with Crippen molar-refractivity contribution in [1.29, 1.82) is 0 Å². The van der Waals surface area contributed by atoms with Gasteiger partial charge in [-0.1, -0.05) is 36.4 Å². The van der Waals surface area contributed by atoms with Gasteiger partial charge in [-0.15, -0.1) is 11.3 Å². The zero-order chi connectivity index (χ0) is 21.5. The Morgan fingerprint density at radius 1 is 0.900 bits per heavy atom. The van der Waals surface area contributed by atoms with E-state index in [9.17, 15) is 14.4 Å². The van der Waals surface area contributed by atoms with Crippen LogP contribution in [0, 0.1) is 0 Å². The number of hydrogen-bond acceptors (Lipinski definition) is 5. The Balaban J connectivity index is 1.53. The van der Waals surface area contributed by atoms with Crippen molar-refractivity contribution in [2.75, 3.05) is 5.32 Å². The number of nitrogens with one attached hydrogen (secondary N) is 2. The molecule has 2 atom stereocenters. The molecule has 7 heteroatoms. The minimum absolute atomic E-state index is 0.203. The maximum atomic E-state index is 12.3. The van der Waals surface area contributed by atoms with E-state index in [1.165, 1.54) is 18.3 Å². The van der Waals surface area contributed by atoms with Gasteiger partial charge in [-0.2, -0.15) is 0 Å². The standard InChI is InChI=1S/C23H22N2O4S/c1-15(17-7-4-3-5-8-17)24-21(26)16(2)29-23(28)18-10-12-19(13-11-18)25-22(27)20-9-6-14-30-20/h3-16H,1-2H3,(H,24,26)(H,25,27). The van der Waals surface area contributed by atoms with E-state index < -0.39 is 12.1 Å². The van der Waals surface area contributed by atoms with Crippen molar-refractivity contribution in [3.63, 3.8) is 0 Å². The molecule has 0 saturated carbocycles. The van der Waals surface area contributed by atoms with Gasteiger partial charge in [0, 0.05) is 5.69 Å². The predicted molar refractivity (Wildman–Crippen MR) is 117 cm³/mol. The lowest BCUT2D eigenvalue weighted by atomic mass is 10.1. The molecule has 2 aromatic carbocycles. The van der Waals surface area contributed by atoms with Gasteiger partial charge in [-0.05, 0) is 55.1 Å². The quantitative estimate of drug-likeness (QED) is 0.552. The summed E-state index contributed by atoms with van der Waals surface area (Å²) in [5, 5.41) is 7.42. The summed E-state index contributed by atoms with van der Waals surface area (Å²) >= 11 is 1.35. The molecular formula is C23H22N2O4S. The van der Waals surface area contributed by atoms with Crippen LogP contribution < -0.4 is 10.6 Å². The highest BCUT2D eigenvalue weighted by atomic mass is 32.1. The second kappa shape index (κ2) is 9.84. The number of rotatable bonds is 7. The predicted octanol–water partition coefficient (Wildman–Crippen LogP) is 4.42. The Kier molecular flexibility index (Phi) is 6.98. The van der Waals surface area contributed by atoms with Crippen LogP contribution in [-0.4, -0.2) is 23.9 Å². The Bertz CT molecular complexity index is 1000. The lowest BCUT2D eigenvalue weighted by molar-refractivity contribution is -0.129. The number of hydrogen-bond donors (Lipinski definition) is 2. The summed E-state index contributed by atoms with van der Waals surface area (Å²) in [4.78, 5) is 37.4. The highest BCUT2D eigenvalue weighted by Gasteiger charge is 2.21. The molecule has 1 aromatic heterocycles. The zero-order valence-corrected chi connectivity index (χ0v) is 17.4. The highest BCUT2D eigenvalue weighted by Crippen LogP contribution is 2.16. The largest absolute Gasteiger partial charge is 0.449 e. The number of benzene rings is 2. The van der Waals surface area contributed by atoms with Crippen LogP contribution in [0.1, 0.15) is 45.5 Å². The van der Waals surface area contributed by atoms with Gasteiger partial charge >= 0.3 is 5.97 Å². The summed E-state index contributed by atoms with van der Waals surface area (Å²) in [5.74, 6) is -1.20. The van der Waals surface area contributed by atoms with E-state index in [0.29, 0.717) is 16.1 Å². The monoisotopic (exact) mass is 422 g/mol. The number of thiophene rings is 1. The third-order valence-corrected chi connectivity index (χ3v) is 5.30. The fourth-order valence-corrected chi connectivity index (χ4v) is 3.35. The molecule has 6 nitrogen and oxygen atoms in total. The average molecular weight is 423 g/mol. The molecule has 30 heavy (non-hydrogen) atoms. The van der Waals surface area contributed by atoms with Crippen molar-refractivity contribution in [2.24, 2.45) is 0 Å². The van der Waals surface area contributed by atoms with E-state index in [-0.39, 0.29) is 17.9 Å². The normalized spacial score (nSPS) is 12.5. The van der Waals surface area contributed by atoms with E-state index in [0.717, 1.165) is 5.56 Å². The maximum absolute atomic E-state index is 12.3. The molecule has 2 unspecified atom stereocenters. The van der Waals surface area contributed by atoms with Crippen LogP contribution in [0.4, 0.5) is 5.69 Å². The number of anilines is 1. The molecule has 0 aliphatic rings. The van der Waals surface area contributed by atoms with Crippen molar-refractivity contribution in [3.05, 3.63) is 88.1 Å². The molecule has 0 bridgehead atoms. The van der Waals surface area contributed by atoms with Gasteiger partial charge in [0.1, 0.15) is 0 Å². The van der Waals surface area contributed by atoms with Crippen molar-refractivity contribution in [3.8, 4) is 0 Å². The molecule has 0 saturated heterocycles. The van der Waals surface area contributed by atoms with Crippen LogP contribution in [0.25, 0.3) is 0 Å². The fourth-order valence-electron chi connectivity index (χ4n) is 2.73. The first-order valence-electron chi connectivity index (χ1n) is 9.45. The molecule has 0 spiro atoms. The minimum atomic E-state index is -0.943. The Hall–Kier alpha value is -3.45. The summed E-state index contributed by atoms with van der Waals surface area (Å²) in [7, 11) is 0. The van der Waals surface area contributed by atoms with E-state index in [1.807, 2.05) is 42.6 Å². The van der Waals surface area contributed by atoms with Gasteiger partial charge in [-0.3, -0.25) is 9.59 Å². The van der Waals surface area contributed by atoms with Crippen LogP contribution in [0.15, 0.2) is 72.1 Å².